The zero-order valence-corrected chi connectivity index (χ0v) is 23.1. The molecule has 0 saturated heterocycles. The first-order valence-corrected chi connectivity index (χ1v) is 15.1. The summed E-state index contributed by atoms with van der Waals surface area (Å²) in [5, 5.41) is 7.82. The predicted octanol–water partition coefficient (Wildman–Crippen LogP) is 3.83. The quantitative estimate of drug-likeness (QED) is 0.195. The third-order valence-electron chi connectivity index (χ3n) is 6.74. The largest absolute Gasteiger partial charge is 0.387 e. The van der Waals surface area contributed by atoms with Crippen LogP contribution in [0.2, 0.25) is 11.3 Å². The maximum absolute atomic E-state index is 13.3. The van der Waals surface area contributed by atoms with Crippen molar-refractivity contribution < 1.29 is 13.9 Å². The van der Waals surface area contributed by atoms with Gasteiger partial charge in [-0.25, -0.2) is 4.98 Å². The second-order valence-corrected chi connectivity index (χ2v) is 12.0. The average molecular weight is 546 g/mol. The van der Waals surface area contributed by atoms with E-state index in [-0.39, 0.29) is 25.8 Å². The summed E-state index contributed by atoms with van der Waals surface area (Å²) >= 11 is 6.32. The van der Waals surface area contributed by atoms with E-state index >= 15 is 0 Å². The lowest BCUT2D eigenvalue weighted by atomic mass is 9.76. The lowest BCUT2D eigenvalue weighted by Crippen LogP contribution is -2.34. The molecule has 2 aromatic rings. The summed E-state index contributed by atoms with van der Waals surface area (Å²) in [6.07, 6.45) is 10.1. The number of fused-ring (bicyclic) bond motifs is 3. The van der Waals surface area contributed by atoms with Crippen LogP contribution in [0.4, 0.5) is 0 Å². The number of H-pyrrole nitrogens is 1. The fourth-order valence-corrected chi connectivity index (χ4v) is 6.42. The number of aromatic amines is 1. The van der Waals surface area contributed by atoms with Crippen LogP contribution in [0.5, 0.6) is 0 Å². The van der Waals surface area contributed by atoms with Crippen LogP contribution in [0, 0.1) is 0 Å². The number of aromatic nitrogens is 2. The summed E-state index contributed by atoms with van der Waals surface area (Å²) in [4.78, 5) is 30.1. The minimum atomic E-state index is -0.934. The molecule has 191 valence electrons. The maximum atomic E-state index is 13.3. The van der Waals surface area contributed by atoms with E-state index in [1.165, 1.54) is 0 Å². The Kier molecular flexibility index (Phi) is 9.59. The van der Waals surface area contributed by atoms with E-state index < -0.39 is 10.8 Å². The Morgan fingerprint density at radius 1 is 1.39 bits per heavy atom. The Balaban J connectivity index is 1.63. The first kappa shape index (κ1) is 27.3. The second-order valence-electron chi connectivity index (χ2n) is 8.96. The SMILES string of the molecule is CCS(=O)C1C=C(C2CC(C(=O)NCCNCC[B]PO)=C(C)c3[nH]c4ncc(Cl)cc4c32)C=CC1. The van der Waals surface area contributed by atoms with Gasteiger partial charge in [0.2, 0.25) is 5.91 Å². The summed E-state index contributed by atoms with van der Waals surface area (Å²) in [6, 6.07) is 1.93. The van der Waals surface area contributed by atoms with E-state index in [1.807, 2.05) is 26.9 Å². The molecule has 0 saturated carbocycles. The fraction of sp³-hybridized carbons (Fsp3) is 0.440. The molecule has 36 heavy (non-hydrogen) atoms. The first-order valence-electron chi connectivity index (χ1n) is 12.3. The topological polar surface area (TPSA) is 107 Å². The fourth-order valence-electron chi connectivity index (χ4n) is 4.92. The zero-order chi connectivity index (χ0) is 25.7. The first-order chi connectivity index (χ1) is 17.4. The number of pyridine rings is 1. The van der Waals surface area contributed by atoms with Crippen molar-refractivity contribution in [3.05, 3.63) is 57.9 Å². The highest BCUT2D eigenvalue weighted by atomic mass is 35.5. The van der Waals surface area contributed by atoms with Gasteiger partial charge < -0.3 is 20.5 Å². The van der Waals surface area contributed by atoms with Gasteiger partial charge in [0.1, 0.15) is 5.65 Å². The molecular formula is C25H32BClN4O3PS. The van der Waals surface area contributed by atoms with E-state index in [0.717, 1.165) is 58.3 Å². The van der Waals surface area contributed by atoms with Crippen molar-refractivity contribution in [2.24, 2.45) is 0 Å². The number of rotatable bonds is 11. The second kappa shape index (κ2) is 12.7. The molecule has 2 aliphatic carbocycles. The molecule has 4 N–H and O–H groups in total. The van der Waals surface area contributed by atoms with Crippen LogP contribution in [-0.2, 0) is 15.6 Å². The van der Waals surface area contributed by atoms with Gasteiger partial charge in [-0.1, -0.05) is 43.1 Å². The Bertz CT molecular complexity index is 1250. The Labute approximate surface area is 222 Å². The van der Waals surface area contributed by atoms with Crippen molar-refractivity contribution >= 4 is 60.6 Å². The van der Waals surface area contributed by atoms with Gasteiger partial charge in [-0.2, -0.15) is 0 Å². The van der Waals surface area contributed by atoms with E-state index in [9.17, 15) is 9.00 Å². The summed E-state index contributed by atoms with van der Waals surface area (Å²) in [6.45, 7) is 7.69. The van der Waals surface area contributed by atoms with Crippen LogP contribution in [0.3, 0.4) is 0 Å². The van der Waals surface area contributed by atoms with Crippen LogP contribution < -0.4 is 10.6 Å². The van der Waals surface area contributed by atoms with Gasteiger partial charge in [-0.05, 0) is 57.8 Å². The van der Waals surface area contributed by atoms with E-state index in [2.05, 4.69) is 38.8 Å². The highest BCUT2D eigenvalue weighted by molar-refractivity contribution is 7.85. The number of carbonyl (C=O) groups excluding carboxylic acids is 1. The van der Waals surface area contributed by atoms with Crippen molar-refractivity contribution in [3.8, 4) is 0 Å². The van der Waals surface area contributed by atoms with Gasteiger partial charge in [-0.3, -0.25) is 9.00 Å². The molecule has 2 aromatic heterocycles. The molecule has 11 heteroatoms. The number of halogens is 1. The lowest BCUT2D eigenvalue weighted by Gasteiger charge is -2.29. The van der Waals surface area contributed by atoms with Gasteiger partial charge in [0.25, 0.3) is 0 Å². The highest BCUT2D eigenvalue weighted by Crippen LogP contribution is 2.46. The minimum absolute atomic E-state index is 0.0238. The molecule has 2 heterocycles. The molecule has 0 fully saturated rings. The molecule has 7 nitrogen and oxygen atoms in total. The van der Waals surface area contributed by atoms with Crippen molar-refractivity contribution in [2.75, 3.05) is 25.4 Å². The maximum Gasteiger partial charge on any atom is 0.247 e. The van der Waals surface area contributed by atoms with Crippen LogP contribution in [-0.4, -0.2) is 62.6 Å². The minimum Gasteiger partial charge on any atom is -0.387 e. The molecule has 4 rings (SSSR count). The van der Waals surface area contributed by atoms with Crippen LogP contribution in [0.15, 0.2) is 41.6 Å². The van der Waals surface area contributed by atoms with Crippen molar-refractivity contribution in [1.82, 2.24) is 20.6 Å². The smallest absolute Gasteiger partial charge is 0.247 e. The average Bonchev–Trinajstić information content (AvgIpc) is 3.27. The monoisotopic (exact) mass is 545 g/mol. The number of nitrogens with one attached hydrogen (secondary N) is 3. The van der Waals surface area contributed by atoms with Crippen LogP contribution in [0.25, 0.3) is 16.6 Å². The third kappa shape index (κ3) is 6.03. The van der Waals surface area contributed by atoms with Gasteiger partial charge in [0.05, 0.1) is 10.3 Å². The molecular weight excluding hydrogens is 514 g/mol. The number of nitrogens with zero attached hydrogens (tertiary/aromatic N) is 1. The molecule has 1 radical (unpaired) electrons. The molecule has 0 aliphatic heterocycles. The van der Waals surface area contributed by atoms with E-state index in [0.29, 0.717) is 30.3 Å². The molecule has 0 bridgehead atoms. The Morgan fingerprint density at radius 2 is 2.22 bits per heavy atom. The Morgan fingerprint density at radius 3 is 3.00 bits per heavy atom. The van der Waals surface area contributed by atoms with Gasteiger partial charge >= 0.3 is 0 Å². The summed E-state index contributed by atoms with van der Waals surface area (Å²) in [5.41, 5.74) is 5.48. The van der Waals surface area contributed by atoms with E-state index in [4.69, 9.17) is 16.5 Å². The zero-order valence-electron chi connectivity index (χ0n) is 20.6. The summed E-state index contributed by atoms with van der Waals surface area (Å²) in [7, 11) is -1.07. The third-order valence-corrected chi connectivity index (χ3v) is 8.99. The van der Waals surface area contributed by atoms with Gasteiger partial charge in [0.15, 0.2) is 7.00 Å². The molecule has 4 atom stereocenters. The van der Waals surface area contributed by atoms with Crippen LogP contribution in [0.1, 0.15) is 43.9 Å². The summed E-state index contributed by atoms with van der Waals surface area (Å²) in [5.74, 6) is 0.468. The van der Waals surface area contributed by atoms with Crippen LogP contribution >= 0.6 is 20.3 Å². The van der Waals surface area contributed by atoms with Gasteiger partial charge in [0, 0.05) is 58.4 Å². The number of allylic oxidation sites excluding steroid dienone is 4. The standard InChI is InChI=1S/C25H32BClN4O3PS/c1-3-36(34)18-6-4-5-16(11-18)20-13-19(25(32)29-10-9-28-8-7-26-35-33)15(2)23-22(20)21-12-17(27)14-30-24(21)31-23/h4-5,11-12,14,18,20,28,33,35H,3,6-10,13H2,1-2H3,(H,29,32)(H,30,31). The molecule has 1 amide bonds. The number of hydrogen-bond acceptors (Lipinski definition) is 5. The van der Waals surface area contributed by atoms with Crippen molar-refractivity contribution in [2.45, 2.75) is 44.2 Å². The molecule has 2 aliphatic rings. The Hall–Kier alpha value is -1.77. The predicted molar refractivity (Wildman–Crippen MR) is 152 cm³/mol. The number of hydrogen-bond donors (Lipinski definition) is 4. The summed E-state index contributed by atoms with van der Waals surface area (Å²) < 4.78 is 12.6. The molecule has 4 unspecified atom stereocenters. The van der Waals surface area contributed by atoms with Crippen molar-refractivity contribution in [1.29, 1.82) is 0 Å². The van der Waals surface area contributed by atoms with Crippen molar-refractivity contribution in [3.63, 3.8) is 0 Å². The van der Waals surface area contributed by atoms with E-state index in [1.54, 1.807) is 6.20 Å². The normalized spacial score (nSPS) is 20.6. The molecule has 0 aromatic carbocycles. The lowest BCUT2D eigenvalue weighted by molar-refractivity contribution is -0.117. The van der Waals surface area contributed by atoms with Gasteiger partial charge in [-0.15, -0.1) is 0 Å². The number of carbonyl (C=O) groups is 1. The highest BCUT2D eigenvalue weighted by Gasteiger charge is 2.34. The number of amides is 1. The molecule has 0 spiro atoms.